The van der Waals surface area contributed by atoms with Crippen molar-refractivity contribution in [3.8, 4) is 0 Å². The molecule has 1 aliphatic rings. The van der Waals surface area contributed by atoms with Gasteiger partial charge in [0.1, 0.15) is 6.04 Å². The van der Waals surface area contributed by atoms with Crippen molar-refractivity contribution in [3.63, 3.8) is 0 Å². The Balaban J connectivity index is 2.08. The van der Waals surface area contributed by atoms with E-state index in [2.05, 4.69) is 5.32 Å². The van der Waals surface area contributed by atoms with Crippen molar-refractivity contribution in [3.05, 3.63) is 29.8 Å². The Bertz CT molecular complexity index is 516. The number of aliphatic hydroxyl groups excluding tert-OH is 1. The fourth-order valence-electron chi connectivity index (χ4n) is 2.38. The fraction of sp³-hybridized carbons (Fsp3) is 0.429. The molecule has 0 bridgehead atoms. The number of hydrogen-bond acceptors (Lipinski definition) is 3. The smallest absolute Gasteiger partial charge is 0.322 e. The van der Waals surface area contributed by atoms with Crippen LogP contribution in [-0.2, 0) is 4.79 Å². The highest BCUT2D eigenvalue weighted by Gasteiger charge is 2.32. The maximum Gasteiger partial charge on any atom is 0.322 e. The van der Waals surface area contributed by atoms with Crippen LogP contribution < -0.4 is 11.1 Å². The lowest BCUT2D eigenvalue weighted by molar-refractivity contribution is -0.121. The molecule has 20 heavy (non-hydrogen) atoms. The maximum absolute atomic E-state index is 12.2. The molecule has 2 atom stereocenters. The number of anilines is 1. The van der Waals surface area contributed by atoms with Crippen molar-refractivity contribution in [2.24, 2.45) is 5.73 Å². The van der Waals surface area contributed by atoms with Gasteiger partial charge in [-0.15, -0.1) is 0 Å². The summed E-state index contributed by atoms with van der Waals surface area (Å²) in [6, 6.07) is 6.11. The van der Waals surface area contributed by atoms with Crippen LogP contribution in [0.5, 0.6) is 0 Å². The van der Waals surface area contributed by atoms with Gasteiger partial charge in [-0.1, -0.05) is 12.1 Å². The Hall–Kier alpha value is -2.08. The van der Waals surface area contributed by atoms with Gasteiger partial charge in [0, 0.05) is 12.2 Å². The largest absolute Gasteiger partial charge is 0.389 e. The van der Waals surface area contributed by atoms with Crippen molar-refractivity contribution in [2.75, 3.05) is 11.9 Å². The average Bonchev–Trinajstić information content (AvgIpc) is 2.88. The molecule has 6 heteroatoms. The minimum absolute atomic E-state index is 0.339. The number of primary amides is 1. The minimum Gasteiger partial charge on any atom is -0.389 e. The van der Waals surface area contributed by atoms with Gasteiger partial charge in [0.2, 0.25) is 5.91 Å². The number of nitrogens with one attached hydrogen (secondary N) is 1. The summed E-state index contributed by atoms with van der Waals surface area (Å²) in [5.41, 5.74) is 6.59. The zero-order chi connectivity index (χ0) is 14.7. The molecule has 0 saturated carbocycles. The number of urea groups is 1. The standard InChI is InChI=1S/C14H19N3O3/c1-9(18)10-4-2-5-11(8-10)16-14(20)17-7-3-6-12(17)13(15)19/h2,4-5,8-9,12,18H,3,6-7H2,1H3,(H2,15,19)(H,16,20). The number of nitrogens with two attached hydrogens (primary N) is 1. The molecule has 1 aliphatic heterocycles. The number of amides is 3. The monoisotopic (exact) mass is 277 g/mol. The van der Waals surface area contributed by atoms with E-state index >= 15 is 0 Å². The summed E-state index contributed by atoms with van der Waals surface area (Å²) in [7, 11) is 0. The first-order valence-corrected chi connectivity index (χ1v) is 6.64. The number of carbonyl (C=O) groups excluding carboxylic acids is 2. The Morgan fingerprint density at radius 2 is 2.25 bits per heavy atom. The molecule has 2 rings (SSSR count). The number of carbonyl (C=O) groups is 2. The van der Waals surface area contributed by atoms with Gasteiger partial charge in [0.05, 0.1) is 6.10 Å². The van der Waals surface area contributed by atoms with Gasteiger partial charge in [-0.3, -0.25) is 4.79 Å². The molecule has 1 fully saturated rings. The van der Waals surface area contributed by atoms with Gasteiger partial charge in [-0.25, -0.2) is 4.79 Å². The summed E-state index contributed by atoms with van der Waals surface area (Å²) in [6.07, 6.45) is 0.780. The van der Waals surface area contributed by atoms with Crippen LogP contribution in [-0.4, -0.2) is 34.5 Å². The van der Waals surface area contributed by atoms with E-state index in [-0.39, 0.29) is 6.03 Å². The van der Waals surface area contributed by atoms with E-state index < -0.39 is 18.1 Å². The summed E-state index contributed by atoms with van der Waals surface area (Å²) >= 11 is 0. The lowest BCUT2D eigenvalue weighted by Gasteiger charge is -2.22. The molecule has 6 nitrogen and oxygen atoms in total. The SMILES string of the molecule is CC(O)c1cccc(NC(=O)N2CCCC2C(N)=O)c1. The normalized spacial score (nSPS) is 19.7. The fourth-order valence-corrected chi connectivity index (χ4v) is 2.38. The molecule has 0 radical (unpaired) electrons. The van der Waals surface area contributed by atoms with Crippen LogP contribution in [0.2, 0.25) is 0 Å². The number of likely N-dealkylation sites (tertiary alicyclic amines) is 1. The molecule has 108 valence electrons. The molecule has 1 saturated heterocycles. The lowest BCUT2D eigenvalue weighted by Crippen LogP contribution is -2.45. The third-order valence-corrected chi connectivity index (χ3v) is 3.46. The lowest BCUT2D eigenvalue weighted by atomic mass is 10.1. The van der Waals surface area contributed by atoms with Gasteiger partial charge < -0.3 is 21.1 Å². The van der Waals surface area contributed by atoms with Crippen LogP contribution >= 0.6 is 0 Å². The first-order chi connectivity index (χ1) is 9.49. The van der Waals surface area contributed by atoms with E-state index in [1.807, 2.05) is 0 Å². The van der Waals surface area contributed by atoms with E-state index in [1.165, 1.54) is 4.90 Å². The van der Waals surface area contributed by atoms with Crippen LogP contribution in [0.4, 0.5) is 10.5 Å². The molecule has 2 unspecified atom stereocenters. The van der Waals surface area contributed by atoms with Gasteiger partial charge in [0.25, 0.3) is 0 Å². The number of benzene rings is 1. The first-order valence-electron chi connectivity index (χ1n) is 6.64. The molecule has 4 N–H and O–H groups in total. The van der Waals surface area contributed by atoms with Gasteiger partial charge in [-0.05, 0) is 37.5 Å². The zero-order valence-corrected chi connectivity index (χ0v) is 11.4. The van der Waals surface area contributed by atoms with E-state index in [4.69, 9.17) is 5.73 Å². The van der Waals surface area contributed by atoms with Crippen molar-refractivity contribution >= 4 is 17.6 Å². The second-order valence-corrected chi connectivity index (χ2v) is 4.99. The van der Waals surface area contributed by atoms with Crippen molar-refractivity contribution in [1.29, 1.82) is 0 Å². The number of hydrogen-bond donors (Lipinski definition) is 3. The number of rotatable bonds is 3. The summed E-state index contributed by atoms with van der Waals surface area (Å²) in [6.45, 7) is 2.18. The Kier molecular flexibility index (Phi) is 4.24. The second kappa shape index (κ2) is 5.92. The van der Waals surface area contributed by atoms with E-state index in [9.17, 15) is 14.7 Å². The molecular formula is C14H19N3O3. The third-order valence-electron chi connectivity index (χ3n) is 3.46. The maximum atomic E-state index is 12.2. The molecule has 0 spiro atoms. The van der Waals surface area contributed by atoms with E-state index in [1.54, 1.807) is 31.2 Å². The average molecular weight is 277 g/mol. The zero-order valence-electron chi connectivity index (χ0n) is 11.4. The Labute approximate surface area is 117 Å². The third kappa shape index (κ3) is 3.08. The van der Waals surface area contributed by atoms with Gasteiger partial charge in [-0.2, -0.15) is 0 Å². The summed E-state index contributed by atoms with van der Waals surface area (Å²) in [4.78, 5) is 24.9. The molecule has 3 amide bonds. The van der Waals surface area contributed by atoms with E-state index in [0.717, 1.165) is 12.0 Å². The minimum atomic E-state index is -0.600. The highest BCUT2D eigenvalue weighted by atomic mass is 16.3. The molecule has 1 heterocycles. The summed E-state index contributed by atoms with van der Waals surface area (Å²) < 4.78 is 0. The number of aliphatic hydroxyl groups is 1. The molecule has 1 aromatic rings. The second-order valence-electron chi connectivity index (χ2n) is 4.99. The van der Waals surface area contributed by atoms with Crippen molar-refractivity contribution in [1.82, 2.24) is 4.90 Å². The van der Waals surface area contributed by atoms with Crippen LogP contribution in [0.15, 0.2) is 24.3 Å². The number of nitrogens with zero attached hydrogens (tertiary/aromatic N) is 1. The Morgan fingerprint density at radius 1 is 1.50 bits per heavy atom. The molecular weight excluding hydrogens is 258 g/mol. The van der Waals surface area contributed by atoms with Gasteiger partial charge in [0.15, 0.2) is 0 Å². The van der Waals surface area contributed by atoms with Crippen LogP contribution in [0, 0.1) is 0 Å². The topological polar surface area (TPSA) is 95.7 Å². The molecule has 0 aromatic heterocycles. The van der Waals surface area contributed by atoms with Crippen LogP contribution in [0.1, 0.15) is 31.4 Å². The van der Waals surface area contributed by atoms with Crippen LogP contribution in [0.3, 0.4) is 0 Å². The predicted octanol–water partition coefficient (Wildman–Crippen LogP) is 1.22. The predicted molar refractivity (Wildman–Crippen MR) is 75.0 cm³/mol. The quantitative estimate of drug-likeness (QED) is 0.775. The summed E-state index contributed by atoms with van der Waals surface area (Å²) in [5.74, 6) is -0.476. The molecule has 0 aliphatic carbocycles. The van der Waals surface area contributed by atoms with Crippen LogP contribution in [0.25, 0.3) is 0 Å². The highest BCUT2D eigenvalue weighted by molar-refractivity contribution is 5.93. The Morgan fingerprint density at radius 3 is 2.90 bits per heavy atom. The van der Waals surface area contributed by atoms with E-state index in [0.29, 0.717) is 18.7 Å². The summed E-state index contributed by atoms with van der Waals surface area (Å²) in [5, 5.41) is 12.3. The molecule has 1 aromatic carbocycles. The van der Waals surface area contributed by atoms with Gasteiger partial charge >= 0.3 is 6.03 Å². The highest BCUT2D eigenvalue weighted by Crippen LogP contribution is 2.20. The van der Waals surface area contributed by atoms with Crippen molar-refractivity contribution < 1.29 is 14.7 Å². The first kappa shape index (κ1) is 14.3. The van der Waals surface area contributed by atoms with Crippen molar-refractivity contribution in [2.45, 2.75) is 31.9 Å².